The van der Waals surface area contributed by atoms with Gasteiger partial charge in [-0.05, 0) is 58.3 Å². The van der Waals surface area contributed by atoms with Crippen LogP contribution in [-0.2, 0) is 23.9 Å². The Hall–Kier alpha value is -2.85. The summed E-state index contributed by atoms with van der Waals surface area (Å²) in [5.41, 5.74) is -0.677. The summed E-state index contributed by atoms with van der Waals surface area (Å²) in [5, 5.41) is 25.8. The molecule has 194 valence electrons. The van der Waals surface area contributed by atoms with Crippen LogP contribution in [0.3, 0.4) is 0 Å². The highest BCUT2D eigenvalue weighted by Crippen LogP contribution is 2.28. The highest BCUT2D eigenvalue weighted by atomic mass is 16.6. The van der Waals surface area contributed by atoms with Crippen molar-refractivity contribution in [2.24, 2.45) is 17.8 Å². The van der Waals surface area contributed by atoms with E-state index in [0.29, 0.717) is 38.6 Å². The molecule has 11 heteroatoms. The first-order chi connectivity index (χ1) is 15.7. The third-order valence-electron chi connectivity index (χ3n) is 5.94. The monoisotopic (exact) mass is 485 g/mol. The van der Waals surface area contributed by atoms with Gasteiger partial charge in [0.25, 0.3) is 0 Å². The van der Waals surface area contributed by atoms with Crippen LogP contribution in [-0.4, -0.2) is 64.3 Å². The van der Waals surface area contributed by atoms with E-state index in [1.807, 2.05) is 13.8 Å². The van der Waals surface area contributed by atoms with E-state index in [1.54, 1.807) is 20.8 Å². The number of alkyl carbamates (subject to hydrolysis) is 1. The summed E-state index contributed by atoms with van der Waals surface area (Å²) in [5.74, 6) is -3.80. The molecule has 0 spiro atoms. The van der Waals surface area contributed by atoms with E-state index in [4.69, 9.17) is 14.9 Å². The molecule has 0 heterocycles. The Morgan fingerprint density at radius 1 is 1.00 bits per heavy atom. The second-order valence-corrected chi connectivity index (χ2v) is 9.97. The Bertz CT molecular complexity index is 741. The molecule has 5 N–H and O–H groups in total. The number of rotatable bonds is 11. The summed E-state index contributed by atoms with van der Waals surface area (Å²) in [6.45, 7) is 9.44. The molecular weight excluding hydrogens is 446 g/mol. The molecule has 34 heavy (non-hydrogen) atoms. The average molecular weight is 486 g/mol. The fraction of sp³-hybridized carbons (Fsp3) is 0.783. The Kier molecular flexibility index (Phi) is 11.3. The smallest absolute Gasteiger partial charge is 0.408 e. The zero-order valence-corrected chi connectivity index (χ0v) is 20.7. The fourth-order valence-corrected chi connectivity index (χ4v) is 3.78. The van der Waals surface area contributed by atoms with Gasteiger partial charge in [0, 0.05) is 12.5 Å². The number of carboxylic acids is 2. The van der Waals surface area contributed by atoms with E-state index in [-0.39, 0.29) is 17.7 Å². The largest absolute Gasteiger partial charge is 0.481 e. The van der Waals surface area contributed by atoms with Crippen molar-refractivity contribution in [1.82, 2.24) is 16.0 Å². The minimum absolute atomic E-state index is 0.0973. The van der Waals surface area contributed by atoms with Crippen molar-refractivity contribution in [1.29, 1.82) is 0 Å². The Labute approximate surface area is 200 Å². The summed E-state index contributed by atoms with van der Waals surface area (Å²) < 4.78 is 5.27. The zero-order chi connectivity index (χ0) is 26.1. The number of carbonyl (C=O) groups is 5. The molecule has 1 saturated carbocycles. The molecule has 3 atom stereocenters. The maximum atomic E-state index is 12.8. The van der Waals surface area contributed by atoms with E-state index < -0.39 is 54.0 Å². The summed E-state index contributed by atoms with van der Waals surface area (Å²) in [7, 11) is 0. The molecule has 0 aromatic rings. The second kappa shape index (κ2) is 13.1. The van der Waals surface area contributed by atoms with E-state index in [0.717, 1.165) is 0 Å². The van der Waals surface area contributed by atoms with Crippen LogP contribution in [0, 0.1) is 17.8 Å². The van der Waals surface area contributed by atoms with E-state index >= 15 is 0 Å². The Morgan fingerprint density at radius 2 is 1.59 bits per heavy atom. The predicted molar refractivity (Wildman–Crippen MR) is 123 cm³/mol. The molecule has 1 aliphatic rings. The highest BCUT2D eigenvalue weighted by molar-refractivity contribution is 5.88. The molecule has 0 aromatic carbocycles. The summed E-state index contributed by atoms with van der Waals surface area (Å²) in [4.78, 5) is 59.3. The zero-order valence-electron chi connectivity index (χ0n) is 20.7. The maximum absolute atomic E-state index is 12.8. The molecule has 0 bridgehead atoms. The number of hydrogen-bond donors (Lipinski definition) is 5. The molecule has 0 aliphatic heterocycles. The molecule has 1 aliphatic carbocycles. The molecule has 0 radical (unpaired) electrons. The molecule has 0 aromatic heterocycles. The lowest BCUT2D eigenvalue weighted by atomic mass is 9.81. The number of carboxylic acid groups (broad SMARTS) is 2. The molecule has 1 fully saturated rings. The third-order valence-corrected chi connectivity index (χ3v) is 5.94. The second-order valence-electron chi connectivity index (χ2n) is 9.97. The van der Waals surface area contributed by atoms with E-state index in [9.17, 15) is 24.0 Å². The average Bonchev–Trinajstić information content (AvgIpc) is 2.73. The van der Waals surface area contributed by atoms with E-state index in [2.05, 4.69) is 16.0 Å². The van der Waals surface area contributed by atoms with Crippen LogP contribution >= 0.6 is 0 Å². The van der Waals surface area contributed by atoms with Gasteiger partial charge in [-0.3, -0.25) is 14.4 Å². The SMILES string of the molecule is CC[C@@H](C)[C@H](NC(=O)OC(C)(C)C)C(=O)NCC1CCC(C(=O)N[C@@H](CC(=O)O)C(=O)O)CC1. The summed E-state index contributed by atoms with van der Waals surface area (Å²) in [6, 6.07) is -2.19. The van der Waals surface area contributed by atoms with Crippen LogP contribution in [0.1, 0.15) is 73.1 Å². The molecule has 1 rings (SSSR count). The van der Waals surface area contributed by atoms with Gasteiger partial charge in [0.1, 0.15) is 17.7 Å². The van der Waals surface area contributed by atoms with Crippen molar-refractivity contribution >= 4 is 29.8 Å². The van der Waals surface area contributed by atoms with Gasteiger partial charge in [-0.1, -0.05) is 20.3 Å². The summed E-state index contributed by atoms with van der Waals surface area (Å²) in [6.07, 6.45) is 1.69. The lowest BCUT2D eigenvalue weighted by Crippen LogP contribution is -2.52. The first-order valence-corrected chi connectivity index (χ1v) is 11.8. The van der Waals surface area contributed by atoms with Gasteiger partial charge in [0.05, 0.1) is 6.42 Å². The fourth-order valence-electron chi connectivity index (χ4n) is 3.78. The van der Waals surface area contributed by atoms with Gasteiger partial charge in [0.15, 0.2) is 0 Å². The van der Waals surface area contributed by atoms with Crippen molar-refractivity contribution in [2.45, 2.75) is 90.8 Å². The number of amides is 3. The van der Waals surface area contributed by atoms with Crippen LogP contribution in [0.25, 0.3) is 0 Å². The summed E-state index contributed by atoms with van der Waals surface area (Å²) >= 11 is 0. The van der Waals surface area contributed by atoms with Crippen LogP contribution < -0.4 is 16.0 Å². The van der Waals surface area contributed by atoms with Crippen LogP contribution in [0.5, 0.6) is 0 Å². The molecule has 11 nitrogen and oxygen atoms in total. The first kappa shape index (κ1) is 29.2. The lowest BCUT2D eigenvalue weighted by Gasteiger charge is -2.30. The topological polar surface area (TPSA) is 171 Å². The van der Waals surface area contributed by atoms with Gasteiger partial charge in [-0.15, -0.1) is 0 Å². The minimum Gasteiger partial charge on any atom is -0.481 e. The lowest BCUT2D eigenvalue weighted by molar-refractivity contribution is -0.147. The first-order valence-electron chi connectivity index (χ1n) is 11.8. The van der Waals surface area contributed by atoms with Gasteiger partial charge < -0.3 is 30.9 Å². The Balaban J connectivity index is 2.55. The highest BCUT2D eigenvalue weighted by Gasteiger charge is 2.32. The van der Waals surface area contributed by atoms with Crippen molar-refractivity contribution in [2.75, 3.05) is 6.54 Å². The quantitative estimate of drug-likeness (QED) is 0.295. The minimum atomic E-state index is -1.46. The molecule has 3 amide bonds. The van der Waals surface area contributed by atoms with Gasteiger partial charge in [-0.25, -0.2) is 9.59 Å². The molecule has 0 saturated heterocycles. The van der Waals surface area contributed by atoms with Gasteiger partial charge >= 0.3 is 18.0 Å². The van der Waals surface area contributed by atoms with Gasteiger partial charge in [-0.2, -0.15) is 0 Å². The van der Waals surface area contributed by atoms with E-state index in [1.165, 1.54) is 0 Å². The van der Waals surface area contributed by atoms with Crippen LogP contribution in [0.2, 0.25) is 0 Å². The van der Waals surface area contributed by atoms with Crippen LogP contribution in [0.4, 0.5) is 4.79 Å². The van der Waals surface area contributed by atoms with Gasteiger partial charge in [0.2, 0.25) is 11.8 Å². The van der Waals surface area contributed by atoms with Crippen molar-refractivity contribution in [3.05, 3.63) is 0 Å². The van der Waals surface area contributed by atoms with Crippen molar-refractivity contribution in [3.8, 4) is 0 Å². The number of hydrogen-bond acceptors (Lipinski definition) is 6. The normalized spacial score (nSPS) is 20.9. The third kappa shape index (κ3) is 10.4. The van der Waals surface area contributed by atoms with Crippen molar-refractivity contribution < 1.29 is 38.9 Å². The maximum Gasteiger partial charge on any atom is 0.408 e. The van der Waals surface area contributed by atoms with Crippen molar-refractivity contribution in [3.63, 3.8) is 0 Å². The number of aliphatic carboxylic acids is 2. The number of ether oxygens (including phenoxy) is 1. The predicted octanol–water partition coefficient (Wildman–Crippen LogP) is 1.89. The Morgan fingerprint density at radius 3 is 2.06 bits per heavy atom. The molecular formula is C23H39N3O8. The van der Waals surface area contributed by atoms with Crippen LogP contribution in [0.15, 0.2) is 0 Å². The molecule has 0 unspecified atom stereocenters. The standard InChI is InChI=1S/C23H39N3O8/c1-6-13(2)18(26-22(33)34-23(3,4)5)20(30)24-12-14-7-9-15(10-8-14)19(29)25-16(21(31)32)11-17(27)28/h13-16,18H,6-12H2,1-5H3,(H,24,30)(H,25,29)(H,26,33)(H,27,28)(H,31,32)/t13-,14?,15?,16+,18+/m1/s1. The number of carbonyl (C=O) groups excluding carboxylic acids is 3. The number of nitrogens with one attached hydrogen (secondary N) is 3.